The highest BCUT2D eigenvalue weighted by Gasteiger charge is 2.22. The van der Waals surface area contributed by atoms with Crippen LogP contribution in [-0.4, -0.2) is 36.6 Å². The van der Waals surface area contributed by atoms with E-state index in [1.807, 2.05) is 0 Å². The van der Waals surface area contributed by atoms with Gasteiger partial charge in [0.1, 0.15) is 5.69 Å². The van der Waals surface area contributed by atoms with Gasteiger partial charge in [0.2, 0.25) is 5.91 Å². The number of rotatable bonds is 7. The molecule has 1 aliphatic carbocycles. The van der Waals surface area contributed by atoms with Gasteiger partial charge in [-0.2, -0.15) is 0 Å². The first-order chi connectivity index (χ1) is 9.69. The number of ether oxygens (including phenoxy) is 1. The molecule has 1 heterocycles. The zero-order chi connectivity index (χ0) is 14.4. The number of hydrogen-bond donors (Lipinski definition) is 2. The van der Waals surface area contributed by atoms with Gasteiger partial charge in [0.15, 0.2) is 0 Å². The average molecular weight is 277 g/mol. The molecule has 0 aliphatic heterocycles. The summed E-state index contributed by atoms with van der Waals surface area (Å²) < 4.78 is 4.61. The molecule has 1 aromatic heterocycles. The molecule has 0 spiro atoms. The summed E-state index contributed by atoms with van der Waals surface area (Å²) in [7, 11) is 1.32. The number of carbonyl (C=O) groups excluding carboxylic acids is 2. The third kappa shape index (κ3) is 4.53. The first-order valence-corrected chi connectivity index (χ1v) is 6.76. The van der Waals surface area contributed by atoms with Gasteiger partial charge in [-0.1, -0.05) is 0 Å². The summed E-state index contributed by atoms with van der Waals surface area (Å²) in [6, 6.07) is 3.82. The Morgan fingerprint density at radius 1 is 1.45 bits per heavy atom. The predicted molar refractivity (Wildman–Crippen MR) is 74.5 cm³/mol. The molecule has 6 nitrogen and oxygen atoms in total. The van der Waals surface area contributed by atoms with Gasteiger partial charge in [-0.15, -0.1) is 0 Å². The van der Waals surface area contributed by atoms with Crippen molar-refractivity contribution in [3.8, 4) is 0 Å². The van der Waals surface area contributed by atoms with Crippen LogP contribution < -0.4 is 10.6 Å². The molecule has 0 saturated heterocycles. The first kappa shape index (κ1) is 14.3. The van der Waals surface area contributed by atoms with Crippen LogP contribution in [0.2, 0.25) is 0 Å². The van der Waals surface area contributed by atoms with Crippen LogP contribution in [0.1, 0.15) is 36.2 Å². The Bertz CT molecular complexity index is 486. The molecule has 0 atom stereocenters. The fourth-order valence-electron chi connectivity index (χ4n) is 1.77. The number of esters is 1. The van der Waals surface area contributed by atoms with Crippen molar-refractivity contribution in [3.05, 3.63) is 24.0 Å². The first-order valence-electron chi connectivity index (χ1n) is 6.76. The molecule has 1 aliphatic rings. The molecule has 20 heavy (non-hydrogen) atoms. The maximum atomic E-state index is 11.5. The van der Waals surface area contributed by atoms with E-state index in [9.17, 15) is 9.59 Å². The van der Waals surface area contributed by atoms with Crippen LogP contribution in [0.4, 0.5) is 5.69 Å². The normalized spacial score (nSPS) is 13.7. The molecular formula is C14H19N3O3. The minimum absolute atomic E-state index is 0.110. The third-order valence-corrected chi connectivity index (χ3v) is 3.01. The third-order valence-electron chi connectivity index (χ3n) is 3.01. The smallest absolute Gasteiger partial charge is 0.356 e. The van der Waals surface area contributed by atoms with Crippen molar-refractivity contribution >= 4 is 17.6 Å². The van der Waals surface area contributed by atoms with Crippen LogP contribution >= 0.6 is 0 Å². The molecule has 108 valence electrons. The van der Waals surface area contributed by atoms with Crippen molar-refractivity contribution < 1.29 is 14.3 Å². The van der Waals surface area contributed by atoms with Crippen molar-refractivity contribution in [3.63, 3.8) is 0 Å². The molecular weight excluding hydrogens is 258 g/mol. The van der Waals surface area contributed by atoms with Crippen LogP contribution in [0.5, 0.6) is 0 Å². The minimum atomic E-state index is -0.461. The van der Waals surface area contributed by atoms with Crippen LogP contribution in [0, 0.1) is 0 Å². The highest BCUT2D eigenvalue weighted by Crippen LogP contribution is 2.18. The van der Waals surface area contributed by atoms with E-state index in [2.05, 4.69) is 20.4 Å². The summed E-state index contributed by atoms with van der Waals surface area (Å²) in [5.74, 6) is -0.350. The summed E-state index contributed by atoms with van der Waals surface area (Å²) >= 11 is 0. The van der Waals surface area contributed by atoms with Gasteiger partial charge in [0, 0.05) is 30.9 Å². The molecule has 0 radical (unpaired) electrons. The van der Waals surface area contributed by atoms with Crippen molar-refractivity contribution in [2.24, 2.45) is 0 Å². The lowest BCUT2D eigenvalue weighted by Crippen LogP contribution is -2.25. The highest BCUT2D eigenvalue weighted by atomic mass is 16.5. The van der Waals surface area contributed by atoms with Gasteiger partial charge in [0.25, 0.3) is 0 Å². The molecule has 1 amide bonds. The van der Waals surface area contributed by atoms with Crippen LogP contribution in [0.25, 0.3) is 0 Å². The molecule has 0 unspecified atom stereocenters. The van der Waals surface area contributed by atoms with E-state index in [1.165, 1.54) is 7.11 Å². The fraction of sp³-hybridized carbons (Fsp3) is 0.500. The topological polar surface area (TPSA) is 80.3 Å². The second-order valence-electron chi connectivity index (χ2n) is 4.79. The molecule has 2 rings (SSSR count). The molecule has 6 heteroatoms. The maximum Gasteiger partial charge on any atom is 0.356 e. The molecule has 0 aromatic carbocycles. The van der Waals surface area contributed by atoms with E-state index in [0.29, 0.717) is 19.0 Å². The van der Waals surface area contributed by atoms with Gasteiger partial charge >= 0.3 is 5.97 Å². The Kier molecular flexibility index (Phi) is 4.92. The van der Waals surface area contributed by atoms with Gasteiger partial charge in [-0.05, 0) is 31.4 Å². The van der Waals surface area contributed by atoms with E-state index in [4.69, 9.17) is 0 Å². The van der Waals surface area contributed by atoms with Crippen LogP contribution in [0.15, 0.2) is 18.3 Å². The number of aromatic nitrogens is 1. The lowest BCUT2D eigenvalue weighted by atomic mass is 10.2. The fourth-order valence-corrected chi connectivity index (χ4v) is 1.77. The lowest BCUT2D eigenvalue weighted by Gasteiger charge is -2.07. The van der Waals surface area contributed by atoms with Crippen molar-refractivity contribution in [1.29, 1.82) is 0 Å². The van der Waals surface area contributed by atoms with Gasteiger partial charge in [-0.25, -0.2) is 9.78 Å². The SMILES string of the molecule is COC(=O)c1cc(NCCCC(=O)NC2CC2)ccn1. The molecule has 0 bridgehead atoms. The van der Waals surface area contributed by atoms with Crippen molar-refractivity contribution in [2.45, 2.75) is 31.7 Å². The lowest BCUT2D eigenvalue weighted by molar-refractivity contribution is -0.121. The van der Waals surface area contributed by atoms with Gasteiger partial charge in [-0.3, -0.25) is 4.79 Å². The average Bonchev–Trinajstić information content (AvgIpc) is 3.27. The van der Waals surface area contributed by atoms with Crippen molar-refractivity contribution in [2.75, 3.05) is 19.0 Å². The summed E-state index contributed by atoms with van der Waals surface area (Å²) in [5.41, 5.74) is 1.06. The standard InChI is InChI=1S/C14H19N3O3/c1-20-14(19)12-9-11(6-8-16-12)15-7-2-3-13(18)17-10-4-5-10/h6,8-10H,2-5,7H2,1H3,(H,15,16)(H,17,18). The Labute approximate surface area is 117 Å². The van der Waals surface area contributed by atoms with E-state index in [-0.39, 0.29) is 11.6 Å². The van der Waals surface area contributed by atoms with Crippen LogP contribution in [-0.2, 0) is 9.53 Å². The Morgan fingerprint density at radius 3 is 2.95 bits per heavy atom. The van der Waals surface area contributed by atoms with E-state index in [1.54, 1.807) is 18.3 Å². The van der Waals surface area contributed by atoms with E-state index < -0.39 is 5.97 Å². The maximum absolute atomic E-state index is 11.5. The predicted octanol–water partition coefficient (Wildman–Crippen LogP) is 1.34. The van der Waals surface area contributed by atoms with E-state index >= 15 is 0 Å². The molecule has 1 saturated carbocycles. The summed E-state index contributed by atoms with van der Waals surface area (Å²) in [5, 5.41) is 6.11. The Hall–Kier alpha value is -2.11. The Balaban J connectivity index is 1.70. The number of pyridine rings is 1. The second-order valence-corrected chi connectivity index (χ2v) is 4.79. The largest absolute Gasteiger partial charge is 0.464 e. The number of methoxy groups -OCH3 is 1. The summed E-state index contributed by atoms with van der Waals surface area (Å²) in [6.07, 6.45) is 5.02. The van der Waals surface area contributed by atoms with E-state index in [0.717, 1.165) is 24.9 Å². The Morgan fingerprint density at radius 2 is 2.25 bits per heavy atom. The quantitative estimate of drug-likeness (QED) is 0.580. The number of nitrogens with one attached hydrogen (secondary N) is 2. The molecule has 1 fully saturated rings. The number of carbonyl (C=O) groups is 2. The monoisotopic (exact) mass is 277 g/mol. The second kappa shape index (κ2) is 6.88. The highest BCUT2D eigenvalue weighted by molar-refractivity contribution is 5.88. The molecule has 2 N–H and O–H groups in total. The van der Waals surface area contributed by atoms with Crippen LogP contribution in [0.3, 0.4) is 0 Å². The minimum Gasteiger partial charge on any atom is -0.464 e. The summed E-state index contributed by atoms with van der Waals surface area (Å²) in [6.45, 7) is 0.669. The summed E-state index contributed by atoms with van der Waals surface area (Å²) in [4.78, 5) is 26.7. The van der Waals surface area contributed by atoms with Crippen molar-refractivity contribution in [1.82, 2.24) is 10.3 Å². The number of amides is 1. The zero-order valence-electron chi connectivity index (χ0n) is 11.5. The zero-order valence-corrected chi connectivity index (χ0v) is 11.5. The van der Waals surface area contributed by atoms with Gasteiger partial charge in [0.05, 0.1) is 7.11 Å². The number of anilines is 1. The number of hydrogen-bond acceptors (Lipinski definition) is 5. The molecule has 1 aromatic rings. The van der Waals surface area contributed by atoms with Gasteiger partial charge < -0.3 is 15.4 Å². The number of nitrogens with zero attached hydrogens (tertiary/aromatic N) is 1.